The highest BCUT2D eigenvalue weighted by atomic mass is 16.5. The summed E-state index contributed by atoms with van der Waals surface area (Å²) in [7, 11) is 0. The molecule has 3 nitrogen and oxygen atoms in total. The number of aromatic nitrogens is 1. The van der Waals surface area contributed by atoms with Crippen LogP contribution in [-0.2, 0) is 0 Å². The van der Waals surface area contributed by atoms with Gasteiger partial charge in [-0.15, -0.1) is 0 Å². The molecule has 15 heavy (non-hydrogen) atoms. The van der Waals surface area contributed by atoms with Crippen molar-refractivity contribution in [2.45, 2.75) is 52.6 Å². The van der Waals surface area contributed by atoms with Crippen LogP contribution in [-0.4, -0.2) is 11.2 Å². The van der Waals surface area contributed by atoms with Gasteiger partial charge in [-0.2, -0.15) is 0 Å². The highest BCUT2D eigenvalue weighted by Crippen LogP contribution is 2.30. The Morgan fingerprint density at radius 2 is 2.07 bits per heavy atom. The SMILES string of the molecule is Cc1noc(C)c1C(C)NC1CC(C)C1. The number of hydrogen-bond donors (Lipinski definition) is 1. The number of aryl methyl sites for hydroxylation is 2. The lowest BCUT2D eigenvalue weighted by Crippen LogP contribution is -2.41. The van der Waals surface area contributed by atoms with Crippen LogP contribution >= 0.6 is 0 Å². The topological polar surface area (TPSA) is 38.1 Å². The molecule has 1 heterocycles. The molecule has 0 aromatic carbocycles. The quantitative estimate of drug-likeness (QED) is 0.830. The van der Waals surface area contributed by atoms with Gasteiger partial charge in [0, 0.05) is 17.6 Å². The summed E-state index contributed by atoms with van der Waals surface area (Å²) >= 11 is 0. The highest BCUT2D eigenvalue weighted by molar-refractivity contribution is 5.24. The third-order valence-electron chi connectivity index (χ3n) is 3.38. The van der Waals surface area contributed by atoms with E-state index < -0.39 is 0 Å². The fourth-order valence-electron chi connectivity index (χ4n) is 2.58. The van der Waals surface area contributed by atoms with Gasteiger partial charge in [-0.3, -0.25) is 0 Å². The molecule has 1 atom stereocenters. The minimum Gasteiger partial charge on any atom is -0.361 e. The Bertz CT molecular complexity index is 320. The fourth-order valence-corrected chi connectivity index (χ4v) is 2.58. The molecule has 0 bridgehead atoms. The predicted molar refractivity (Wildman–Crippen MR) is 59.7 cm³/mol. The molecule has 1 fully saturated rings. The zero-order valence-corrected chi connectivity index (χ0v) is 10.0. The minimum atomic E-state index is 0.355. The second-order valence-corrected chi connectivity index (χ2v) is 4.90. The molecular weight excluding hydrogens is 188 g/mol. The van der Waals surface area contributed by atoms with Crippen LogP contribution < -0.4 is 5.32 Å². The van der Waals surface area contributed by atoms with Crippen LogP contribution in [0, 0.1) is 19.8 Å². The summed E-state index contributed by atoms with van der Waals surface area (Å²) in [4.78, 5) is 0. The third-order valence-corrected chi connectivity index (χ3v) is 3.38. The van der Waals surface area contributed by atoms with E-state index in [0.29, 0.717) is 12.1 Å². The lowest BCUT2D eigenvalue weighted by Gasteiger charge is -2.35. The van der Waals surface area contributed by atoms with E-state index in [2.05, 4.69) is 24.3 Å². The largest absolute Gasteiger partial charge is 0.361 e. The van der Waals surface area contributed by atoms with Crippen molar-refractivity contribution in [1.82, 2.24) is 10.5 Å². The van der Waals surface area contributed by atoms with Crippen LogP contribution in [0.4, 0.5) is 0 Å². The predicted octanol–water partition coefficient (Wildman–Crippen LogP) is 2.74. The summed E-state index contributed by atoms with van der Waals surface area (Å²) in [6, 6.07) is 1.04. The van der Waals surface area contributed by atoms with Crippen molar-refractivity contribution in [1.29, 1.82) is 0 Å². The lowest BCUT2D eigenvalue weighted by molar-refractivity contribution is 0.225. The molecule has 0 radical (unpaired) electrons. The van der Waals surface area contributed by atoms with Gasteiger partial charge in [0.15, 0.2) is 0 Å². The van der Waals surface area contributed by atoms with E-state index >= 15 is 0 Å². The summed E-state index contributed by atoms with van der Waals surface area (Å²) in [5.41, 5.74) is 2.24. The maximum Gasteiger partial charge on any atom is 0.138 e. The molecule has 0 saturated heterocycles. The molecule has 0 amide bonds. The Morgan fingerprint density at radius 3 is 2.53 bits per heavy atom. The first-order chi connectivity index (χ1) is 7.08. The Labute approximate surface area is 91.2 Å². The smallest absolute Gasteiger partial charge is 0.138 e. The number of rotatable bonds is 3. The van der Waals surface area contributed by atoms with Crippen LogP contribution in [0.5, 0.6) is 0 Å². The fraction of sp³-hybridized carbons (Fsp3) is 0.750. The summed E-state index contributed by atoms with van der Waals surface area (Å²) in [6.45, 7) is 8.48. The van der Waals surface area contributed by atoms with Crippen molar-refractivity contribution in [3.8, 4) is 0 Å². The van der Waals surface area contributed by atoms with E-state index in [1.165, 1.54) is 18.4 Å². The molecule has 1 aromatic rings. The Kier molecular flexibility index (Phi) is 2.83. The van der Waals surface area contributed by atoms with E-state index in [9.17, 15) is 0 Å². The lowest BCUT2D eigenvalue weighted by atomic mass is 9.81. The Hall–Kier alpha value is -0.830. The van der Waals surface area contributed by atoms with Crippen molar-refractivity contribution in [2.75, 3.05) is 0 Å². The summed E-state index contributed by atoms with van der Waals surface area (Å²) < 4.78 is 5.18. The molecule has 1 saturated carbocycles. The van der Waals surface area contributed by atoms with Crippen molar-refractivity contribution in [3.05, 3.63) is 17.0 Å². The standard InChI is InChI=1S/C12H20N2O/c1-7-5-11(6-7)13-8(2)12-9(3)14-15-10(12)4/h7-8,11,13H,5-6H2,1-4H3. The zero-order valence-electron chi connectivity index (χ0n) is 10.0. The first kappa shape index (κ1) is 10.7. The van der Waals surface area contributed by atoms with Gasteiger partial charge in [0.1, 0.15) is 5.76 Å². The zero-order chi connectivity index (χ0) is 11.0. The average molecular weight is 208 g/mol. The van der Waals surface area contributed by atoms with Gasteiger partial charge < -0.3 is 9.84 Å². The van der Waals surface area contributed by atoms with E-state index in [1.807, 2.05) is 13.8 Å². The van der Waals surface area contributed by atoms with E-state index in [1.54, 1.807) is 0 Å². The van der Waals surface area contributed by atoms with Crippen LogP contribution in [0.2, 0.25) is 0 Å². The molecule has 1 aromatic heterocycles. The first-order valence-corrected chi connectivity index (χ1v) is 5.76. The maximum atomic E-state index is 5.18. The molecule has 84 valence electrons. The second kappa shape index (κ2) is 3.97. The molecule has 1 aliphatic rings. The van der Waals surface area contributed by atoms with Gasteiger partial charge in [-0.25, -0.2) is 0 Å². The van der Waals surface area contributed by atoms with Crippen molar-refractivity contribution in [3.63, 3.8) is 0 Å². The first-order valence-electron chi connectivity index (χ1n) is 5.76. The normalized spacial score (nSPS) is 27.5. The maximum absolute atomic E-state index is 5.18. The third kappa shape index (κ3) is 2.07. The van der Waals surface area contributed by atoms with Gasteiger partial charge in [-0.1, -0.05) is 12.1 Å². The van der Waals surface area contributed by atoms with Gasteiger partial charge in [-0.05, 0) is 39.5 Å². The van der Waals surface area contributed by atoms with E-state index in [-0.39, 0.29) is 0 Å². The van der Waals surface area contributed by atoms with Gasteiger partial charge in [0.2, 0.25) is 0 Å². The molecular formula is C12H20N2O. The van der Waals surface area contributed by atoms with Crippen molar-refractivity contribution in [2.24, 2.45) is 5.92 Å². The van der Waals surface area contributed by atoms with Crippen LogP contribution in [0.3, 0.4) is 0 Å². The summed E-state index contributed by atoms with van der Waals surface area (Å²) in [6.07, 6.45) is 2.60. The number of nitrogens with one attached hydrogen (secondary N) is 1. The van der Waals surface area contributed by atoms with Crippen LogP contribution in [0.1, 0.15) is 49.7 Å². The highest BCUT2D eigenvalue weighted by Gasteiger charge is 2.27. The minimum absolute atomic E-state index is 0.355. The van der Waals surface area contributed by atoms with Gasteiger partial charge in [0.05, 0.1) is 5.69 Å². The Morgan fingerprint density at radius 1 is 1.40 bits per heavy atom. The van der Waals surface area contributed by atoms with Crippen molar-refractivity contribution >= 4 is 0 Å². The number of nitrogens with zero attached hydrogens (tertiary/aromatic N) is 1. The van der Waals surface area contributed by atoms with Crippen molar-refractivity contribution < 1.29 is 4.52 Å². The molecule has 0 spiro atoms. The van der Waals surface area contributed by atoms with Gasteiger partial charge in [0.25, 0.3) is 0 Å². The molecule has 1 unspecified atom stereocenters. The summed E-state index contributed by atoms with van der Waals surface area (Å²) in [5.74, 6) is 1.83. The average Bonchev–Trinajstić information content (AvgIpc) is 2.43. The molecule has 2 rings (SSSR count). The molecule has 1 aliphatic carbocycles. The van der Waals surface area contributed by atoms with Crippen LogP contribution in [0.25, 0.3) is 0 Å². The van der Waals surface area contributed by atoms with Gasteiger partial charge >= 0.3 is 0 Å². The van der Waals surface area contributed by atoms with E-state index in [0.717, 1.165) is 17.4 Å². The Balaban J connectivity index is 1.98. The monoisotopic (exact) mass is 208 g/mol. The summed E-state index contributed by atoms with van der Waals surface area (Å²) in [5, 5.41) is 7.62. The molecule has 1 N–H and O–H groups in total. The van der Waals surface area contributed by atoms with Crippen LogP contribution in [0.15, 0.2) is 4.52 Å². The van der Waals surface area contributed by atoms with E-state index in [4.69, 9.17) is 4.52 Å². The molecule has 3 heteroatoms. The molecule has 0 aliphatic heterocycles. The second-order valence-electron chi connectivity index (χ2n) is 4.90. The number of hydrogen-bond acceptors (Lipinski definition) is 3.